The van der Waals surface area contributed by atoms with Crippen molar-refractivity contribution in [3.8, 4) is 0 Å². The van der Waals surface area contributed by atoms with Gasteiger partial charge in [0.1, 0.15) is 12.2 Å². The zero-order valence-corrected chi connectivity index (χ0v) is 27.2. The molecule has 0 spiro atoms. The number of aliphatic hydroxyl groups is 1. The van der Waals surface area contributed by atoms with Gasteiger partial charge in [0.2, 0.25) is 10.0 Å². The Labute approximate surface area is 264 Å². The second-order valence-electron chi connectivity index (χ2n) is 12.6. The van der Waals surface area contributed by atoms with Gasteiger partial charge in [0, 0.05) is 45.1 Å². The number of esters is 1. The molecule has 1 amide bonds. The van der Waals surface area contributed by atoms with Crippen LogP contribution in [0.15, 0.2) is 46.9 Å². The van der Waals surface area contributed by atoms with Gasteiger partial charge < -0.3 is 24.4 Å². The van der Waals surface area contributed by atoms with Gasteiger partial charge in [-0.1, -0.05) is 38.1 Å². The lowest BCUT2D eigenvalue weighted by Gasteiger charge is -2.33. The molecule has 10 nitrogen and oxygen atoms in total. The van der Waals surface area contributed by atoms with E-state index in [0.29, 0.717) is 37.1 Å². The van der Waals surface area contributed by atoms with Crippen molar-refractivity contribution < 1.29 is 41.4 Å². The lowest BCUT2D eigenvalue weighted by atomic mass is 9.91. The third-order valence-corrected chi connectivity index (χ3v) is 10.6. The van der Waals surface area contributed by atoms with Gasteiger partial charge in [-0.3, -0.25) is 4.79 Å². The Hall–Kier alpha value is -2.87. The van der Waals surface area contributed by atoms with E-state index in [9.17, 15) is 31.9 Å². The number of benzene rings is 1. The zero-order chi connectivity index (χ0) is 32.9. The third kappa shape index (κ3) is 9.34. The lowest BCUT2D eigenvalue weighted by molar-refractivity contribution is -0.151. The van der Waals surface area contributed by atoms with Gasteiger partial charge in [0.25, 0.3) is 5.92 Å². The Morgan fingerprint density at radius 3 is 2.49 bits per heavy atom. The van der Waals surface area contributed by atoms with E-state index in [-0.39, 0.29) is 29.7 Å². The average Bonchev–Trinajstić information content (AvgIpc) is 3.36. The molecule has 5 atom stereocenters. The predicted molar refractivity (Wildman–Crippen MR) is 165 cm³/mol. The Morgan fingerprint density at radius 1 is 1.11 bits per heavy atom. The Kier molecular flexibility index (Phi) is 11.4. The maximum Gasteiger partial charge on any atom is 0.410 e. The summed E-state index contributed by atoms with van der Waals surface area (Å²) >= 11 is 0. The molecule has 1 aromatic rings. The number of amides is 1. The molecule has 3 heterocycles. The number of aliphatic hydroxyl groups excluding tert-OH is 1. The number of sulfonamides is 1. The maximum atomic E-state index is 13.8. The van der Waals surface area contributed by atoms with Crippen LogP contribution in [0.3, 0.4) is 0 Å². The van der Waals surface area contributed by atoms with Gasteiger partial charge >= 0.3 is 12.1 Å². The monoisotopic (exact) mass is 653 g/mol. The predicted octanol–water partition coefficient (Wildman–Crippen LogP) is 4.16. The van der Waals surface area contributed by atoms with Gasteiger partial charge in [-0.15, -0.1) is 0 Å². The first kappa shape index (κ1) is 35.0. The van der Waals surface area contributed by atoms with Gasteiger partial charge in [-0.05, 0) is 62.1 Å². The van der Waals surface area contributed by atoms with E-state index in [0.717, 1.165) is 17.4 Å². The molecule has 0 unspecified atom stereocenters. The summed E-state index contributed by atoms with van der Waals surface area (Å²) in [7, 11) is -2.12. The highest BCUT2D eigenvalue weighted by atomic mass is 32.2. The Bertz CT molecular complexity index is 1380. The molecule has 3 aliphatic heterocycles. The van der Waals surface area contributed by atoms with Crippen molar-refractivity contribution in [2.24, 2.45) is 11.8 Å². The summed E-state index contributed by atoms with van der Waals surface area (Å²) in [5, 5.41) is 10.6. The summed E-state index contributed by atoms with van der Waals surface area (Å²) in [4.78, 5) is 29.6. The SMILES string of the molecule is C/C(=C\c1cccc(S(=O)(=O)N2CCC(F)(F)C2)c1)[C@H]1OC(=O)C[C@H](O)CC[C@H](C)[C@H](OC(=O)N2CCN(C)CC2)/C=C/[C@@H]1C. The molecule has 2 saturated heterocycles. The molecular formula is C32H45F2N3O7S. The van der Waals surface area contributed by atoms with Crippen LogP contribution in [0, 0.1) is 11.8 Å². The molecule has 250 valence electrons. The first-order valence-electron chi connectivity index (χ1n) is 15.5. The summed E-state index contributed by atoms with van der Waals surface area (Å²) in [6.45, 7) is 7.10. The van der Waals surface area contributed by atoms with Crippen molar-refractivity contribution in [1.82, 2.24) is 14.1 Å². The van der Waals surface area contributed by atoms with E-state index >= 15 is 0 Å². The van der Waals surface area contributed by atoms with Crippen molar-refractivity contribution in [3.05, 3.63) is 47.6 Å². The third-order valence-electron chi connectivity index (χ3n) is 8.73. The first-order valence-corrected chi connectivity index (χ1v) is 16.9. The topological polar surface area (TPSA) is 117 Å². The van der Waals surface area contributed by atoms with Crippen LogP contribution in [-0.2, 0) is 24.3 Å². The zero-order valence-electron chi connectivity index (χ0n) is 26.4. The van der Waals surface area contributed by atoms with Crippen LogP contribution < -0.4 is 0 Å². The van der Waals surface area contributed by atoms with Crippen molar-refractivity contribution in [1.29, 1.82) is 0 Å². The van der Waals surface area contributed by atoms with E-state index < -0.39 is 59.3 Å². The second-order valence-corrected chi connectivity index (χ2v) is 14.5. The number of halogens is 2. The number of carbonyl (C=O) groups is 2. The molecule has 13 heteroatoms. The standard InChI is InChI=1S/C32H45F2N3O7S/c1-22-8-10-26(38)20-29(39)44-30(23(2)9-11-28(22)43-31(40)36-16-14-35(4)15-17-36)24(3)18-25-6-5-7-27(19-25)45(41,42)37-13-12-32(33,34)21-37/h5-7,9,11,18-19,22-23,26,28,30,38H,8,10,12-17,20-21H2,1-4H3/b11-9+,24-18+/t22-,23-,26+,28+,30-/m0/s1. The minimum atomic E-state index is -4.13. The number of rotatable bonds is 5. The van der Waals surface area contributed by atoms with E-state index in [4.69, 9.17) is 9.47 Å². The quantitative estimate of drug-likeness (QED) is 0.372. The van der Waals surface area contributed by atoms with E-state index in [1.807, 2.05) is 33.0 Å². The van der Waals surface area contributed by atoms with E-state index in [2.05, 4.69) is 4.90 Å². The highest BCUT2D eigenvalue weighted by Gasteiger charge is 2.43. The van der Waals surface area contributed by atoms with Gasteiger partial charge in [-0.2, -0.15) is 4.31 Å². The average molecular weight is 654 g/mol. The summed E-state index contributed by atoms with van der Waals surface area (Å²) in [6.07, 6.45) is 2.82. The molecule has 1 aromatic carbocycles. The molecule has 3 aliphatic rings. The highest BCUT2D eigenvalue weighted by molar-refractivity contribution is 7.89. The van der Waals surface area contributed by atoms with Crippen molar-refractivity contribution in [2.45, 2.75) is 75.6 Å². The van der Waals surface area contributed by atoms with Crippen LogP contribution in [0.4, 0.5) is 13.6 Å². The first-order chi connectivity index (χ1) is 21.1. The van der Waals surface area contributed by atoms with Crippen molar-refractivity contribution in [3.63, 3.8) is 0 Å². The lowest BCUT2D eigenvalue weighted by Crippen LogP contribution is -2.48. The summed E-state index contributed by atoms with van der Waals surface area (Å²) in [5.74, 6) is -4.13. The van der Waals surface area contributed by atoms with Crippen molar-refractivity contribution in [2.75, 3.05) is 46.3 Å². The molecule has 45 heavy (non-hydrogen) atoms. The number of hydrogen-bond acceptors (Lipinski definition) is 8. The van der Waals surface area contributed by atoms with Gasteiger partial charge in [-0.25, -0.2) is 22.0 Å². The summed E-state index contributed by atoms with van der Waals surface area (Å²) in [6, 6.07) is 5.99. The normalized spacial score (nSPS) is 30.2. The number of carbonyl (C=O) groups excluding carboxylic acids is 2. The molecular weight excluding hydrogens is 608 g/mol. The molecule has 0 aliphatic carbocycles. The molecule has 0 saturated carbocycles. The molecule has 2 fully saturated rings. The minimum Gasteiger partial charge on any atom is -0.457 e. The number of hydrogen-bond donors (Lipinski definition) is 1. The smallest absolute Gasteiger partial charge is 0.410 e. The van der Waals surface area contributed by atoms with Crippen LogP contribution in [0.1, 0.15) is 52.0 Å². The van der Waals surface area contributed by atoms with Crippen LogP contribution in [0.25, 0.3) is 6.08 Å². The Morgan fingerprint density at radius 2 is 1.82 bits per heavy atom. The fourth-order valence-electron chi connectivity index (χ4n) is 5.80. The molecule has 4 rings (SSSR count). The second kappa shape index (κ2) is 14.7. The van der Waals surface area contributed by atoms with Gasteiger partial charge in [0.15, 0.2) is 0 Å². The number of nitrogens with zero attached hydrogens (tertiary/aromatic N) is 3. The summed E-state index contributed by atoms with van der Waals surface area (Å²) < 4.78 is 66.3. The molecule has 1 N–H and O–H groups in total. The Balaban J connectivity index is 1.56. The van der Waals surface area contributed by atoms with E-state index in [1.54, 1.807) is 24.0 Å². The number of alkyl halides is 2. The minimum absolute atomic E-state index is 0.104. The van der Waals surface area contributed by atoms with Crippen LogP contribution in [-0.4, -0.2) is 110 Å². The number of cyclic esters (lactones) is 1. The van der Waals surface area contributed by atoms with Crippen LogP contribution in [0.5, 0.6) is 0 Å². The summed E-state index contributed by atoms with van der Waals surface area (Å²) in [5.41, 5.74) is 1.10. The van der Waals surface area contributed by atoms with Crippen LogP contribution in [0.2, 0.25) is 0 Å². The van der Waals surface area contributed by atoms with Crippen molar-refractivity contribution >= 4 is 28.2 Å². The van der Waals surface area contributed by atoms with Gasteiger partial charge in [0.05, 0.1) is 24.0 Å². The van der Waals surface area contributed by atoms with Crippen LogP contribution >= 0.6 is 0 Å². The number of likely N-dealkylation sites (N-methyl/N-ethyl adjacent to an activating group) is 1. The highest BCUT2D eigenvalue weighted by Crippen LogP contribution is 2.32. The number of ether oxygens (including phenoxy) is 2. The molecule has 0 radical (unpaired) electrons. The maximum absolute atomic E-state index is 13.8. The number of piperazine rings is 1. The largest absolute Gasteiger partial charge is 0.457 e. The molecule has 0 bridgehead atoms. The van der Waals surface area contributed by atoms with E-state index in [1.165, 1.54) is 18.2 Å². The fourth-order valence-corrected chi connectivity index (χ4v) is 7.32. The molecule has 0 aromatic heterocycles. The fraction of sp³-hybridized carbons (Fsp3) is 0.625.